The zero-order valence-corrected chi connectivity index (χ0v) is 10.2. The minimum absolute atomic E-state index is 0.365. The first-order valence-corrected chi connectivity index (χ1v) is 6.24. The molecule has 0 aliphatic heterocycles. The van der Waals surface area contributed by atoms with E-state index in [4.69, 9.17) is 11.6 Å². The average molecular weight is 227 g/mol. The molecule has 1 heterocycles. The van der Waals surface area contributed by atoms with Crippen molar-refractivity contribution in [2.45, 2.75) is 33.1 Å². The van der Waals surface area contributed by atoms with Crippen LogP contribution in [0.3, 0.4) is 0 Å². The summed E-state index contributed by atoms with van der Waals surface area (Å²) in [6.45, 7) is 4.61. The van der Waals surface area contributed by atoms with Crippen LogP contribution in [0.5, 0.6) is 0 Å². The molecule has 1 aromatic heterocycles. The summed E-state index contributed by atoms with van der Waals surface area (Å²) < 4.78 is 0.893. The first kappa shape index (κ1) is 10.3. The normalized spacial score (nSPS) is 20.6. The summed E-state index contributed by atoms with van der Waals surface area (Å²) >= 11 is 7.63. The van der Waals surface area contributed by atoms with E-state index in [0.29, 0.717) is 5.41 Å². The van der Waals surface area contributed by atoms with Crippen molar-refractivity contribution < 1.29 is 0 Å². The van der Waals surface area contributed by atoms with Gasteiger partial charge in [0.25, 0.3) is 0 Å². The maximum atomic E-state index is 5.94. The molecule has 0 fully saturated rings. The first-order chi connectivity index (χ1) is 6.57. The Bertz CT molecular complexity index is 360. The molecule has 0 saturated heterocycles. The number of allylic oxidation sites excluding steroid dienone is 2. The summed E-state index contributed by atoms with van der Waals surface area (Å²) in [5, 5.41) is 0. The summed E-state index contributed by atoms with van der Waals surface area (Å²) in [4.78, 5) is 1.35. The SMILES string of the molecule is CC1(C)C=C(c2ccc(Cl)s2)CCC1. The second-order valence-electron chi connectivity index (χ2n) is 4.62. The number of thiophene rings is 1. The molecule has 0 spiro atoms. The highest BCUT2D eigenvalue weighted by molar-refractivity contribution is 7.17. The summed E-state index contributed by atoms with van der Waals surface area (Å²) in [5.74, 6) is 0. The Morgan fingerprint density at radius 3 is 2.71 bits per heavy atom. The van der Waals surface area contributed by atoms with Gasteiger partial charge in [0.1, 0.15) is 0 Å². The van der Waals surface area contributed by atoms with Gasteiger partial charge >= 0.3 is 0 Å². The smallest absolute Gasteiger partial charge is 0.0934 e. The Morgan fingerprint density at radius 1 is 1.36 bits per heavy atom. The van der Waals surface area contributed by atoms with Crippen molar-refractivity contribution in [2.24, 2.45) is 5.41 Å². The molecule has 0 nitrogen and oxygen atoms in total. The highest BCUT2D eigenvalue weighted by Crippen LogP contribution is 2.39. The van der Waals surface area contributed by atoms with Gasteiger partial charge in [-0.1, -0.05) is 31.5 Å². The van der Waals surface area contributed by atoms with Crippen molar-refractivity contribution in [3.63, 3.8) is 0 Å². The number of hydrogen-bond acceptors (Lipinski definition) is 1. The number of halogens is 1. The van der Waals surface area contributed by atoms with Crippen molar-refractivity contribution in [3.8, 4) is 0 Å². The topological polar surface area (TPSA) is 0 Å². The van der Waals surface area contributed by atoms with Gasteiger partial charge in [-0.05, 0) is 42.4 Å². The minimum Gasteiger partial charge on any atom is -0.124 e. The van der Waals surface area contributed by atoms with Gasteiger partial charge in [-0.25, -0.2) is 0 Å². The fourth-order valence-corrected chi connectivity index (χ4v) is 3.12. The zero-order valence-electron chi connectivity index (χ0n) is 8.64. The van der Waals surface area contributed by atoms with E-state index < -0.39 is 0 Å². The quantitative estimate of drug-likeness (QED) is 0.633. The van der Waals surface area contributed by atoms with E-state index in [-0.39, 0.29) is 0 Å². The van der Waals surface area contributed by atoms with Crippen LogP contribution in [0.25, 0.3) is 5.57 Å². The molecule has 0 aromatic carbocycles. The molecular weight excluding hydrogens is 212 g/mol. The summed E-state index contributed by atoms with van der Waals surface area (Å²) in [7, 11) is 0. The average Bonchev–Trinajstić information content (AvgIpc) is 2.50. The van der Waals surface area contributed by atoms with Gasteiger partial charge in [-0.2, -0.15) is 0 Å². The van der Waals surface area contributed by atoms with Crippen molar-refractivity contribution in [1.82, 2.24) is 0 Å². The largest absolute Gasteiger partial charge is 0.124 e. The Hall–Kier alpha value is -0.270. The van der Waals surface area contributed by atoms with Gasteiger partial charge in [0, 0.05) is 4.88 Å². The molecule has 14 heavy (non-hydrogen) atoms. The molecule has 0 N–H and O–H groups in total. The molecule has 1 aliphatic rings. The molecule has 0 bridgehead atoms. The molecular formula is C12H15ClS. The van der Waals surface area contributed by atoms with Gasteiger partial charge in [0.15, 0.2) is 0 Å². The standard InChI is InChI=1S/C12H15ClS/c1-12(2)7-3-4-9(8-12)10-5-6-11(13)14-10/h5-6,8H,3-4,7H2,1-2H3. The highest BCUT2D eigenvalue weighted by atomic mass is 35.5. The third kappa shape index (κ3) is 2.21. The van der Waals surface area contributed by atoms with E-state index >= 15 is 0 Å². The molecule has 1 aliphatic carbocycles. The Kier molecular flexibility index (Phi) is 2.72. The van der Waals surface area contributed by atoms with Gasteiger partial charge < -0.3 is 0 Å². The molecule has 0 radical (unpaired) electrons. The van der Waals surface area contributed by atoms with E-state index in [2.05, 4.69) is 26.0 Å². The Morgan fingerprint density at radius 2 is 2.14 bits per heavy atom. The maximum absolute atomic E-state index is 5.94. The van der Waals surface area contributed by atoms with Crippen LogP contribution in [0.2, 0.25) is 4.34 Å². The predicted molar refractivity (Wildman–Crippen MR) is 64.9 cm³/mol. The summed E-state index contributed by atoms with van der Waals surface area (Å²) in [6, 6.07) is 4.13. The van der Waals surface area contributed by atoms with Crippen molar-refractivity contribution in [1.29, 1.82) is 0 Å². The molecule has 1 aromatic rings. The van der Waals surface area contributed by atoms with E-state index in [0.717, 1.165) is 4.34 Å². The lowest BCUT2D eigenvalue weighted by molar-refractivity contribution is 0.411. The van der Waals surface area contributed by atoms with Crippen LogP contribution < -0.4 is 0 Å². The molecule has 2 rings (SSSR count). The fraction of sp³-hybridized carbons (Fsp3) is 0.500. The molecule has 0 atom stereocenters. The minimum atomic E-state index is 0.365. The van der Waals surface area contributed by atoms with Crippen LogP contribution in [-0.4, -0.2) is 0 Å². The van der Waals surface area contributed by atoms with E-state index in [1.165, 1.54) is 29.7 Å². The summed E-state index contributed by atoms with van der Waals surface area (Å²) in [5.41, 5.74) is 1.85. The maximum Gasteiger partial charge on any atom is 0.0934 e. The third-order valence-electron chi connectivity index (χ3n) is 2.72. The molecule has 0 saturated carbocycles. The molecule has 0 amide bonds. The summed E-state index contributed by atoms with van der Waals surface area (Å²) in [6.07, 6.45) is 6.23. The predicted octanol–water partition coefficient (Wildman–Crippen LogP) is 5.00. The number of hydrogen-bond donors (Lipinski definition) is 0. The fourth-order valence-electron chi connectivity index (χ4n) is 2.03. The van der Waals surface area contributed by atoms with Crippen LogP contribution in [0.4, 0.5) is 0 Å². The van der Waals surface area contributed by atoms with Gasteiger partial charge in [-0.15, -0.1) is 11.3 Å². The van der Waals surface area contributed by atoms with Crippen LogP contribution >= 0.6 is 22.9 Å². The van der Waals surface area contributed by atoms with E-state index in [1.807, 2.05) is 6.07 Å². The monoisotopic (exact) mass is 226 g/mol. The van der Waals surface area contributed by atoms with Crippen molar-refractivity contribution >= 4 is 28.5 Å². The van der Waals surface area contributed by atoms with Crippen molar-refractivity contribution in [3.05, 3.63) is 27.4 Å². The zero-order chi connectivity index (χ0) is 10.2. The third-order valence-corrected chi connectivity index (χ3v) is 4.03. The lowest BCUT2D eigenvalue weighted by atomic mass is 9.79. The van der Waals surface area contributed by atoms with Crippen LogP contribution in [0.1, 0.15) is 38.0 Å². The van der Waals surface area contributed by atoms with Gasteiger partial charge in [-0.3, -0.25) is 0 Å². The van der Waals surface area contributed by atoms with E-state index in [9.17, 15) is 0 Å². The second-order valence-corrected chi connectivity index (χ2v) is 6.33. The van der Waals surface area contributed by atoms with Gasteiger partial charge in [0.05, 0.1) is 4.34 Å². The lowest BCUT2D eigenvalue weighted by Crippen LogP contribution is -2.12. The van der Waals surface area contributed by atoms with Gasteiger partial charge in [0.2, 0.25) is 0 Å². The van der Waals surface area contributed by atoms with E-state index in [1.54, 1.807) is 11.3 Å². The van der Waals surface area contributed by atoms with Crippen molar-refractivity contribution in [2.75, 3.05) is 0 Å². The lowest BCUT2D eigenvalue weighted by Gasteiger charge is -2.27. The highest BCUT2D eigenvalue weighted by Gasteiger charge is 2.21. The Balaban J connectivity index is 2.30. The molecule has 0 unspecified atom stereocenters. The first-order valence-electron chi connectivity index (χ1n) is 5.04. The van der Waals surface area contributed by atoms with Crippen LogP contribution in [0, 0.1) is 5.41 Å². The second kappa shape index (κ2) is 3.71. The molecule has 2 heteroatoms. The van der Waals surface area contributed by atoms with Crippen LogP contribution in [-0.2, 0) is 0 Å². The Labute approximate surface area is 94.6 Å². The van der Waals surface area contributed by atoms with Crippen LogP contribution in [0.15, 0.2) is 18.2 Å². The molecule has 76 valence electrons. The number of rotatable bonds is 1.